The molecule has 1 amide bonds. The van der Waals surface area contributed by atoms with Crippen LogP contribution in [-0.4, -0.2) is 53.3 Å². The average molecular weight is 416 g/mol. The van der Waals surface area contributed by atoms with Crippen molar-refractivity contribution in [1.82, 2.24) is 0 Å². The highest BCUT2D eigenvalue weighted by atomic mass is 16.6. The maximum absolute atomic E-state index is 12.7. The predicted molar refractivity (Wildman–Crippen MR) is 110 cm³/mol. The molecular weight excluding hydrogens is 392 g/mol. The van der Waals surface area contributed by atoms with E-state index in [1.165, 1.54) is 21.3 Å². The molecular formula is C21H24N2O7. The van der Waals surface area contributed by atoms with E-state index in [0.29, 0.717) is 45.7 Å². The van der Waals surface area contributed by atoms with Gasteiger partial charge in [0.2, 0.25) is 11.9 Å². The number of nitrogens with zero attached hydrogens (tertiary/aromatic N) is 1. The number of hydrogen-bond acceptors (Lipinski definition) is 8. The van der Waals surface area contributed by atoms with Crippen LogP contribution in [-0.2, 0) is 9.63 Å². The minimum atomic E-state index is -0.796. The van der Waals surface area contributed by atoms with E-state index in [1.54, 1.807) is 44.6 Å². The summed E-state index contributed by atoms with van der Waals surface area (Å²) in [5.74, 6) is 2.20. The maximum Gasteiger partial charge on any atom is 0.268 e. The Hall–Kier alpha value is -3.62. The summed E-state index contributed by atoms with van der Waals surface area (Å²) >= 11 is 0. The van der Waals surface area contributed by atoms with Gasteiger partial charge in [0, 0.05) is 29.8 Å². The molecule has 0 spiro atoms. The molecule has 1 atom stereocenters. The van der Waals surface area contributed by atoms with E-state index in [-0.39, 0.29) is 12.3 Å². The summed E-state index contributed by atoms with van der Waals surface area (Å²) in [5.41, 5.74) is 1.78. The summed E-state index contributed by atoms with van der Waals surface area (Å²) < 4.78 is 26.6. The van der Waals surface area contributed by atoms with Crippen molar-refractivity contribution in [2.75, 3.05) is 40.9 Å². The van der Waals surface area contributed by atoms with Crippen molar-refractivity contribution in [3.05, 3.63) is 35.9 Å². The fraction of sp³-hybridized carbons (Fsp3) is 0.333. The zero-order chi connectivity index (χ0) is 21.7. The highest BCUT2D eigenvalue weighted by Crippen LogP contribution is 2.40. The molecule has 2 aromatic rings. The van der Waals surface area contributed by atoms with Gasteiger partial charge in [-0.2, -0.15) is 0 Å². The number of methoxy groups -OCH3 is 5. The molecule has 0 saturated carbocycles. The second-order valence-corrected chi connectivity index (χ2v) is 6.31. The van der Waals surface area contributed by atoms with Gasteiger partial charge in [-0.25, -0.2) is 0 Å². The number of rotatable bonds is 8. The molecule has 9 heteroatoms. The zero-order valence-corrected chi connectivity index (χ0v) is 17.5. The van der Waals surface area contributed by atoms with Crippen LogP contribution < -0.4 is 29.0 Å². The molecule has 3 rings (SSSR count). The highest BCUT2D eigenvalue weighted by molar-refractivity contribution is 6.07. The molecule has 0 fully saturated rings. The topological polar surface area (TPSA) is 96.8 Å². The van der Waals surface area contributed by atoms with Gasteiger partial charge in [0.1, 0.15) is 11.5 Å². The molecule has 1 aliphatic rings. The van der Waals surface area contributed by atoms with E-state index in [9.17, 15) is 4.79 Å². The lowest BCUT2D eigenvalue weighted by Gasteiger charge is -2.15. The maximum atomic E-state index is 12.7. The molecule has 0 aliphatic carbocycles. The SMILES string of the molecule is COc1ccc(OC)c(C2=NOC(C(=O)Nc3cc(OC)c(OC)c(OC)c3)C2)c1. The van der Waals surface area contributed by atoms with E-state index < -0.39 is 6.10 Å². The Kier molecular flexibility index (Phi) is 6.51. The van der Waals surface area contributed by atoms with Crippen LogP contribution >= 0.6 is 0 Å². The molecule has 0 radical (unpaired) electrons. The highest BCUT2D eigenvalue weighted by Gasteiger charge is 2.31. The van der Waals surface area contributed by atoms with Crippen LogP contribution in [0.2, 0.25) is 0 Å². The molecule has 0 saturated heterocycles. The van der Waals surface area contributed by atoms with Crippen LogP contribution in [0.3, 0.4) is 0 Å². The number of nitrogens with one attached hydrogen (secondary N) is 1. The van der Waals surface area contributed by atoms with E-state index in [0.717, 1.165) is 0 Å². The number of amides is 1. The number of carbonyl (C=O) groups is 1. The minimum absolute atomic E-state index is 0.278. The summed E-state index contributed by atoms with van der Waals surface area (Å²) in [4.78, 5) is 18.1. The Bertz CT molecular complexity index is 933. The van der Waals surface area contributed by atoms with Gasteiger partial charge < -0.3 is 33.8 Å². The number of hydrogen-bond donors (Lipinski definition) is 1. The van der Waals surface area contributed by atoms with Gasteiger partial charge >= 0.3 is 0 Å². The lowest BCUT2D eigenvalue weighted by molar-refractivity contribution is -0.125. The Morgan fingerprint density at radius 3 is 2.17 bits per heavy atom. The zero-order valence-electron chi connectivity index (χ0n) is 17.5. The number of benzene rings is 2. The molecule has 2 aromatic carbocycles. The Labute approximate surface area is 174 Å². The van der Waals surface area contributed by atoms with Crippen LogP contribution in [0.1, 0.15) is 12.0 Å². The number of ether oxygens (including phenoxy) is 5. The fourth-order valence-electron chi connectivity index (χ4n) is 3.09. The Balaban J connectivity index is 1.75. The van der Waals surface area contributed by atoms with Crippen LogP contribution in [0.4, 0.5) is 5.69 Å². The first-order valence-corrected chi connectivity index (χ1v) is 9.10. The summed E-state index contributed by atoms with van der Waals surface area (Å²) in [7, 11) is 7.66. The largest absolute Gasteiger partial charge is 0.497 e. The summed E-state index contributed by atoms with van der Waals surface area (Å²) in [6.45, 7) is 0. The van der Waals surface area contributed by atoms with E-state index in [1.807, 2.05) is 0 Å². The molecule has 1 heterocycles. The molecule has 0 aromatic heterocycles. The van der Waals surface area contributed by atoms with Crippen molar-refractivity contribution >= 4 is 17.3 Å². The predicted octanol–water partition coefficient (Wildman–Crippen LogP) is 2.86. The van der Waals surface area contributed by atoms with Crippen molar-refractivity contribution in [1.29, 1.82) is 0 Å². The molecule has 9 nitrogen and oxygen atoms in total. The van der Waals surface area contributed by atoms with Gasteiger partial charge in [-0.15, -0.1) is 0 Å². The normalized spacial score (nSPS) is 15.0. The van der Waals surface area contributed by atoms with Crippen LogP contribution in [0.5, 0.6) is 28.7 Å². The number of oxime groups is 1. The number of anilines is 1. The van der Waals surface area contributed by atoms with Gasteiger partial charge in [-0.1, -0.05) is 5.16 Å². The van der Waals surface area contributed by atoms with Crippen molar-refractivity contribution in [2.45, 2.75) is 12.5 Å². The van der Waals surface area contributed by atoms with Crippen molar-refractivity contribution in [2.24, 2.45) is 5.16 Å². The Morgan fingerprint density at radius 2 is 1.60 bits per heavy atom. The third kappa shape index (κ3) is 4.19. The monoisotopic (exact) mass is 416 g/mol. The Morgan fingerprint density at radius 1 is 0.933 bits per heavy atom. The van der Waals surface area contributed by atoms with E-state index >= 15 is 0 Å². The second-order valence-electron chi connectivity index (χ2n) is 6.31. The van der Waals surface area contributed by atoms with Crippen LogP contribution in [0, 0.1) is 0 Å². The van der Waals surface area contributed by atoms with Crippen molar-refractivity contribution < 1.29 is 33.3 Å². The molecule has 0 bridgehead atoms. The standard InChI is InChI=1S/C21H24N2O7/c1-25-13-6-7-16(26-2)14(10-13)15-11-19(30-23-15)21(24)22-12-8-17(27-3)20(29-5)18(9-12)28-4/h6-10,19H,11H2,1-5H3,(H,22,24). The smallest absolute Gasteiger partial charge is 0.268 e. The molecule has 160 valence electrons. The molecule has 1 aliphatic heterocycles. The van der Waals surface area contributed by atoms with Crippen molar-refractivity contribution in [3.8, 4) is 28.7 Å². The van der Waals surface area contributed by atoms with Crippen molar-refractivity contribution in [3.63, 3.8) is 0 Å². The van der Waals surface area contributed by atoms with Crippen LogP contribution in [0.15, 0.2) is 35.5 Å². The third-order valence-corrected chi connectivity index (χ3v) is 4.61. The van der Waals surface area contributed by atoms with Gasteiger partial charge in [-0.3, -0.25) is 4.79 Å². The van der Waals surface area contributed by atoms with Gasteiger partial charge in [0.25, 0.3) is 5.91 Å². The number of carbonyl (C=O) groups excluding carboxylic acids is 1. The first-order valence-electron chi connectivity index (χ1n) is 9.10. The fourth-order valence-corrected chi connectivity index (χ4v) is 3.09. The van der Waals surface area contributed by atoms with Gasteiger partial charge in [0.05, 0.1) is 41.3 Å². The average Bonchev–Trinajstić information content (AvgIpc) is 3.28. The first kappa shape index (κ1) is 21.1. The lowest BCUT2D eigenvalue weighted by Crippen LogP contribution is -2.28. The van der Waals surface area contributed by atoms with Gasteiger partial charge in [0.15, 0.2) is 11.5 Å². The van der Waals surface area contributed by atoms with E-state index in [4.69, 9.17) is 28.5 Å². The quantitative estimate of drug-likeness (QED) is 0.707. The van der Waals surface area contributed by atoms with Gasteiger partial charge in [-0.05, 0) is 18.2 Å². The van der Waals surface area contributed by atoms with Crippen LogP contribution in [0.25, 0.3) is 0 Å². The van der Waals surface area contributed by atoms with E-state index in [2.05, 4.69) is 10.5 Å². The molecule has 1 unspecified atom stereocenters. The second kappa shape index (κ2) is 9.25. The lowest BCUT2D eigenvalue weighted by atomic mass is 10.0. The minimum Gasteiger partial charge on any atom is -0.497 e. The summed E-state index contributed by atoms with van der Waals surface area (Å²) in [6.07, 6.45) is -0.519. The summed E-state index contributed by atoms with van der Waals surface area (Å²) in [5, 5.41) is 6.88. The summed E-state index contributed by atoms with van der Waals surface area (Å²) in [6, 6.07) is 8.63. The third-order valence-electron chi connectivity index (χ3n) is 4.61. The first-order chi connectivity index (χ1) is 14.5. The molecule has 30 heavy (non-hydrogen) atoms. The molecule has 1 N–H and O–H groups in total.